The zero-order chi connectivity index (χ0) is 26.7. The van der Waals surface area contributed by atoms with Gasteiger partial charge in [0, 0.05) is 22.3 Å². The van der Waals surface area contributed by atoms with Crippen LogP contribution in [0.5, 0.6) is 0 Å². The van der Waals surface area contributed by atoms with E-state index in [9.17, 15) is 14.4 Å². The van der Waals surface area contributed by atoms with Crippen molar-refractivity contribution < 1.29 is 14.4 Å². The van der Waals surface area contributed by atoms with Crippen LogP contribution >= 0.6 is 22.9 Å². The molecular formula is C28H26ClN5O3S. The quantitative estimate of drug-likeness (QED) is 0.457. The summed E-state index contributed by atoms with van der Waals surface area (Å²) in [4.78, 5) is 50.6. The summed E-state index contributed by atoms with van der Waals surface area (Å²) < 4.78 is 0.636. The summed E-state index contributed by atoms with van der Waals surface area (Å²) in [6.07, 6.45) is 4.00. The topological polar surface area (TPSA) is 104 Å². The third-order valence-electron chi connectivity index (χ3n) is 8.05. The zero-order valence-corrected chi connectivity index (χ0v) is 22.4. The fourth-order valence-corrected chi connectivity index (χ4v) is 7.17. The number of aromatic nitrogens is 1. The maximum Gasteiger partial charge on any atom is 0.251 e. The van der Waals surface area contributed by atoms with Crippen molar-refractivity contribution >= 4 is 58.9 Å². The van der Waals surface area contributed by atoms with Gasteiger partial charge < -0.3 is 15.5 Å². The SMILES string of the molecule is C=NC1(C)CCC(c2ccc(Cl)s2)N(CC(=O)Nc2ccc3c(c2)CC2(C3)C(=O)Nc3ncccc32)C1=O. The molecule has 2 aliphatic heterocycles. The molecule has 10 heteroatoms. The average molecular weight is 548 g/mol. The van der Waals surface area contributed by atoms with Gasteiger partial charge in [-0.3, -0.25) is 19.4 Å². The van der Waals surface area contributed by atoms with Crippen LogP contribution in [0.15, 0.2) is 53.7 Å². The standard InChI is InChI=1S/C28H26ClN5O3S/c1-27(30-2)10-9-20(21-7-8-22(29)38-21)34(26(27)37)15-23(35)32-18-6-5-16-13-28(14-17(16)12-18)19-4-3-11-31-24(19)33-25(28)36/h3-8,11-12,20H,2,9-10,13-15H2,1H3,(H,32,35)(H,31,33,36). The van der Waals surface area contributed by atoms with E-state index in [4.69, 9.17) is 11.6 Å². The molecule has 1 fully saturated rings. The predicted molar refractivity (Wildman–Crippen MR) is 148 cm³/mol. The van der Waals surface area contributed by atoms with E-state index in [2.05, 4.69) is 27.3 Å². The molecular weight excluding hydrogens is 522 g/mol. The molecule has 3 aromatic rings. The average Bonchev–Trinajstić information content (AvgIpc) is 3.58. The monoisotopic (exact) mass is 547 g/mol. The van der Waals surface area contributed by atoms with Gasteiger partial charge in [0.1, 0.15) is 17.9 Å². The van der Waals surface area contributed by atoms with Gasteiger partial charge in [-0.1, -0.05) is 23.7 Å². The molecule has 3 unspecified atom stereocenters. The zero-order valence-electron chi connectivity index (χ0n) is 20.8. The largest absolute Gasteiger partial charge is 0.325 e. The van der Waals surface area contributed by atoms with Gasteiger partial charge in [0.25, 0.3) is 5.91 Å². The minimum atomic E-state index is -0.966. The van der Waals surface area contributed by atoms with E-state index in [-0.39, 0.29) is 30.3 Å². The molecule has 3 atom stereocenters. The number of nitrogens with zero attached hydrogens (tertiary/aromatic N) is 3. The van der Waals surface area contributed by atoms with Crippen LogP contribution in [-0.2, 0) is 32.6 Å². The number of carbonyl (C=O) groups excluding carboxylic acids is 3. The number of thiophene rings is 1. The highest BCUT2D eigenvalue weighted by atomic mass is 35.5. The molecule has 1 saturated heterocycles. The molecule has 6 rings (SSSR count). The lowest BCUT2D eigenvalue weighted by atomic mass is 9.79. The fourth-order valence-electron chi connectivity index (χ4n) is 5.96. The number of piperidine rings is 1. The van der Waals surface area contributed by atoms with Crippen LogP contribution in [0.3, 0.4) is 0 Å². The number of anilines is 2. The third-order valence-corrected chi connectivity index (χ3v) is 9.38. The number of hydrogen-bond donors (Lipinski definition) is 2. The second-order valence-electron chi connectivity index (χ2n) is 10.4. The van der Waals surface area contributed by atoms with Crippen molar-refractivity contribution in [2.45, 2.75) is 49.6 Å². The van der Waals surface area contributed by atoms with E-state index in [0.717, 1.165) is 21.6 Å². The molecule has 3 amide bonds. The van der Waals surface area contributed by atoms with Crippen LogP contribution in [0.25, 0.3) is 0 Å². The number of fused-ring (bicyclic) bond motifs is 3. The molecule has 1 spiro atoms. The minimum absolute atomic E-state index is 0.0461. The van der Waals surface area contributed by atoms with Gasteiger partial charge in [0.2, 0.25) is 11.8 Å². The molecule has 2 N–H and O–H groups in total. The highest BCUT2D eigenvalue weighted by molar-refractivity contribution is 7.16. The van der Waals surface area contributed by atoms with E-state index >= 15 is 0 Å². The fraction of sp³-hybridized carbons (Fsp3) is 0.321. The Balaban J connectivity index is 1.21. The Kier molecular flexibility index (Phi) is 5.88. The summed E-state index contributed by atoms with van der Waals surface area (Å²) in [5.41, 5.74) is 1.98. The number of halogens is 1. The maximum atomic E-state index is 13.4. The lowest BCUT2D eigenvalue weighted by Gasteiger charge is -2.42. The first-order valence-electron chi connectivity index (χ1n) is 12.5. The van der Waals surface area contributed by atoms with Crippen molar-refractivity contribution in [1.29, 1.82) is 0 Å². The highest BCUT2D eigenvalue weighted by Crippen LogP contribution is 2.47. The van der Waals surface area contributed by atoms with Crippen molar-refractivity contribution in [3.63, 3.8) is 0 Å². The van der Waals surface area contributed by atoms with Crippen LogP contribution in [0, 0.1) is 0 Å². The Morgan fingerprint density at radius 1 is 1.26 bits per heavy atom. The predicted octanol–water partition coefficient (Wildman–Crippen LogP) is 4.55. The van der Waals surface area contributed by atoms with Crippen LogP contribution in [0.1, 0.15) is 47.4 Å². The molecule has 194 valence electrons. The second-order valence-corrected chi connectivity index (χ2v) is 12.1. The maximum absolute atomic E-state index is 13.4. The Morgan fingerprint density at radius 3 is 2.84 bits per heavy atom. The molecule has 38 heavy (non-hydrogen) atoms. The smallest absolute Gasteiger partial charge is 0.251 e. The minimum Gasteiger partial charge on any atom is -0.325 e. The van der Waals surface area contributed by atoms with Crippen LogP contribution < -0.4 is 10.6 Å². The molecule has 1 aliphatic carbocycles. The van der Waals surface area contributed by atoms with Crippen molar-refractivity contribution in [2.24, 2.45) is 4.99 Å². The van der Waals surface area contributed by atoms with Crippen molar-refractivity contribution in [3.8, 4) is 0 Å². The van der Waals surface area contributed by atoms with Crippen molar-refractivity contribution in [3.05, 3.63) is 74.6 Å². The first-order chi connectivity index (χ1) is 18.2. The molecule has 0 saturated carbocycles. The molecule has 4 heterocycles. The summed E-state index contributed by atoms with van der Waals surface area (Å²) in [7, 11) is 0. The Morgan fingerprint density at radius 2 is 2.08 bits per heavy atom. The Hall–Kier alpha value is -3.56. The molecule has 8 nitrogen and oxygen atoms in total. The number of aliphatic imine (C=N–C) groups is 1. The summed E-state index contributed by atoms with van der Waals surface area (Å²) in [5, 5.41) is 5.87. The van der Waals surface area contributed by atoms with Gasteiger partial charge in [-0.25, -0.2) is 4.98 Å². The van der Waals surface area contributed by atoms with E-state index in [1.54, 1.807) is 24.1 Å². The van der Waals surface area contributed by atoms with Gasteiger partial charge in [-0.05, 0) is 80.8 Å². The number of likely N-dealkylation sites (tertiary alicyclic amines) is 1. The van der Waals surface area contributed by atoms with Crippen LogP contribution in [-0.4, -0.2) is 46.4 Å². The number of rotatable bonds is 5. The van der Waals surface area contributed by atoms with Crippen molar-refractivity contribution in [1.82, 2.24) is 9.88 Å². The van der Waals surface area contributed by atoms with E-state index < -0.39 is 11.0 Å². The van der Waals surface area contributed by atoms with Gasteiger partial charge in [0.05, 0.1) is 15.8 Å². The lowest BCUT2D eigenvalue weighted by molar-refractivity contribution is -0.145. The number of pyridine rings is 1. The molecule has 2 aromatic heterocycles. The summed E-state index contributed by atoms with van der Waals surface area (Å²) >= 11 is 7.58. The molecule has 0 bridgehead atoms. The molecule has 0 radical (unpaired) electrons. The number of benzene rings is 1. The summed E-state index contributed by atoms with van der Waals surface area (Å²) in [5.74, 6) is 0.0433. The summed E-state index contributed by atoms with van der Waals surface area (Å²) in [6.45, 7) is 5.26. The lowest BCUT2D eigenvalue weighted by Crippen LogP contribution is -2.53. The van der Waals surface area contributed by atoms with Crippen LogP contribution in [0.4, 0.5) is 11.5 Å². The highest BCUT2D eigenvalue weighted by Gasteiger charge is 2.51. The number of nitrogens with one attached hydrogen (secondary N) is 2. The number of hydrogen-bond acceptors (Lipinski definition) is 6. The molecule has 1 aromatic carbocycles. The van der Waals surface area contributed by atoms with Gasteiger partial charge in [0.15, 0.2) is 0 Å². The van der Waals surface area contributed by atoms with Gasteiger partial charge >= 0.3 is 0 Å². The van der Waals surface area contributed by atoms with Gasteiger partial charge in [-0.2, -0.15) is 0 Å². The number of carbonyl (C=O) groups is 3. The normalized spacial score (nSPS) is 25.7. The second kappa shape index (κ2) is 9.03. The van der Waals surface area contributed by atoms with E-state index in [1.807, 2.05) is 36.4 Å². The summed E-state index contributed by atoms with van der Waals surface area (Å²) in [6, 6.07) is 13.0. The van der Waals surface area contributed by atoms with Crippen LogP contribution in [0.2, 0.25) is 4.34 Å². The Bertz CT molecular complexity index is 1510. The van der Waals surface area contributed by atoms with Gasteiger partial charge in [-0.15, -0.1) is 11.3 Å². The van der Waals surface area contributed by atoms with Crippen molar-refractivity contribution in [2.75, 3.05) is 17.2 Å². The Labute approximate surface area is 229 Å². The first kappa shape index (κ1) is 24.8. The van der Waals surface area contributed by atoms with E-state index in [1.165, 1.54) is 11.3 Å². The van der Waals surface area contributed by atoms with E-state index in [0.29, 0.717) is 41.5 Å². The third kappa shape index (κ3) is 3.92. The number of amides is 3. The first-order valence-corrected chi connectivity index (χ1v) is 13.6. The molecule has 3 aliphatic rings.